The number of thiophene rings is 1. The lowest BCUT2D eigenvalue weighted by molar-refractivity contribution is -0.116. The number of nitrogens with zero attached hydrogens (tertiary/aromatic N) is 3. The molecule has 2 aromatic heterocycles. The van der Waals surface area contributed by atoms with Crippen molar-refractivity contribution in [1.29, 1.82) is 5.26 Å². The molecule has 0 aromatic carbocycles. The number of thiazole rings is 1. The second-order valence-electron chi connectivity index (χ2n) is 4.75. The third-order valence-corrected chi connectivity index (χ3v) is 5.06. The third kappa shape index (κ3) is 3.73. The van der Waals surface area contributed by atoms with Gasteiger partial charge >= 0.3 is 0 Å². The first-order chi connectivity index (χ1) is 11.0. The van der Waals surface area contributed by atoms with E-state index in [4.69, 9.17) is 0 Å². The Bertz CT molecular complexity index is 811. The number of anilines is 1. The molecule has 0 aliphatic heterocycles. The molecule has 0 aliphatic rings. The smallest absolute Gasteiger partial charge is 0.225 e. The summed E-state index contributed by atoms with van der Waals surface area (Å²) < 4.78 is 0. The Morgan fingerprint density at radius 2 is 2.17 bits per heavy atom. The molecule has 0 unspecified atom stereocenters. The van der Waals surface area contributed by atoms with Gasteiger partial charge < -0.3 is 0 Å². The Labute approximate surface area is 142 Å². The van der Waals surface area contributed by atoms with Crippen LogP contribution in [0.5, 0.6) is 0 Å². The van der Waals surface area contributed by atoms with Crippen molar-refractivity contribution in [3.05, 3.63) is 38.5 Å². The van der Waals surface area contributed by atoms with Crippen molar-refractivity contribution in [2.75, 3.05) is 11.4 Å². The van der Waals surface area contributed by atoms with Gasteiger partial charge in [-0.05, 0) is 36.9 Å². The number of aromatic nitrogens is 1. The van der Waals surface area contributed by atoms with Crippen LogP contribution >= 0.6 is 22.7 Å². The van der Waals surface area contributed by atoms with Gasteiger partial charge in [-0.1, -0.05) is 0 Å². The number of hydrogen-bond donors (Lipinski definition) is 0. The summed E-state index contributed by atoms with van der Waals surface area (Å²) in [5.74, 6) is -0.392. The molecule has 0 atom stereocenters. The Morgan fingerprint density at radius 1 is 1.43 bits per heavy atom. The lowest BCUT2D eigenvalue weighted by Gasteiger charge is -2.14. The molecule has 0 saturated heterocycles. The van der Waals surface area contributed by atoms with E-state index in [-0.39, 0.29) is 17.3 Å². The predicted octanol–water partition coefficient (Wildman–Crippen LogP) is 3.68. The van der Waals surface area contributed by atoms with Crippen LogP contribution < -0.4 is 4.90 Å². The second kappa shape index (κ2) is 7.31. The van der Waals surface area contributed by atoms with E-state index in [0.29, 0.717) is 22.2 Å². The average molecular weight is 345 g/mol. The quantitative estimate of drug-likeness (QED) is 0.471. The summed E-state index contributed by atoms with van der Waals surface area (Å²) in [4.78, 5) is 30.4. The van der Waals surface area contributed by atoms with Crippen LogP contribution in [-0.2, 0) is 4.79 Å². The highest BCUT2D eigenvalue weighted by atomic mass is 32.1. The largest absolute Gasteiger partial charge is 0.289 e. The van der Waals surface area contributed by atoms with Crippen LogP contribution in [0.1, 0.15) is 34.8 Å². The molecule has 0 fully saturated rings. The highest BCUT2D eigenvalue weighted by Gasteiger charge is 2.17. The maximum Gasteiger partial charge on any atom is 0.225 e. The van der Waals surface area contributed by atoms with Crippen LogP contribution in [0.25, 0.3) is 6.08 Å². The Balaban J connectivity index is 2.31. The zero-order chi connectivity index (χ0) is 17.0. The lowest BCUT2D eigenvalue weighted by Crippen LogP contribution is -2.27. The number of ketones is 1. The fourth-order valence-electron chi connectivity index (χ4n) is 1.98. The zero-order valence-corrected chi connectivity index (χ0v) is 14.6. The Kier molecular flexibility index (Phi) is 5.42. The predicted molar refractivity (Wildman–Crippen MR) is 92.8 cm³/mol. The van der Waals surface area contributed by atoms with Gasteiger partial charge in [0.05, 0.1) is 10.6 Å². The van der Waals surface area contributed by atoms with Crippen molar-refractivity contribution in [3.8, 4) is 6.07 Å². The Morgan fingerprint density at radius 3 is 2.70 bits per heavy atom. The van der Waals surface area contributed by atoms with Crippen molar-refractivity contribution >= 4 is 45.6 Å². The van der Waals surface area contributed by atoms with Gasteiger partial charge in [0.2, 0.25) is 11.7 Å². The molecule has 2 aromatic rings. The summed E-state index contributed by atoms with van der Waals surface area (Å²) in [5, 5.41) is 13.4. The second-order valence-corrected chi connectivity index (χ2v) is 6.50. The van der Waals surface area contributed by atoms with E-state index in [0.717, 1.165) is 5.56 Å². The molecular weight excluding hydrogens is 330 g/mol. The van der Waals surface area contributed by atoms with Crippen molar-refractivity contribution < 1.29 is 9.59 Å². The summed E-state index contributed by atoms with van der Waals surface area (Å²) >= 11 is 2.62. The van der Waals surface area contributed by atoms with Gasteiger partial charge in [-0.15, -0.1) is 22.7 Å². The molecular formula is C16H15N3O2S2. The number of carbonyl (C=O) groups is 2. The minimum atomic E-state index is -0.298. The third-order valence-electron chi connectivity index (χ3n) is 3.16. The normalized spacial score (nSPS) is 11.1. The first kappa shape index (κ1) is 17.1. The van der Waals surface area contributed by atoms with Crippen molar-refractivity contribution in [2.45, 2.75) is 20.8 Å². The molecule has 2 rings (SSSR count). The van der Waals surface area contributed by atoms with Crippen LogP contribution in [0.2, 0.25) is 0 Å². The number of rotatable bonds is 5. The van der Waals surface area contributed by atoms with Crippen LogP contribution in [0, 0.1) is 18.3 Å². The van der Waals surface area contributed by atoms with Gasteiger partial charge in [0, 0.05) is 18.8 Å². The summed E-state index contributed by atoms with van der Waals surface area (Å²) in [7, 11) is 0. The average Bonchev–Trinajstić information content (AvgIpc) is 3.14. The van der Waals surface area contributed by atoms with E-state index >= 15 is 0 Å². The molecule has 1 amide bonds. The molecule has 0 bridgehead atoms. The maximum atomic E-state index is 12.4. The number of hydrogen-bond acceptors (Lipinski definition) is 6. The first-order valence-electron chi connectivity index (χ1n) is 6.92. The molecule has 7 heteroatoms. The fourth-order valence-corrected chi connectivity index (χ4v) is 3.75. The van der Waals surface area contributed by atoms with Gasteiger partial charge in [-0.25, -0.2) is 4.98 Å². The van der Waals surface area contributed by atoms with E-state index in [2.05, 4.69) is 4.98 Å². The molecule has 2 heterocycles. The van der Waals surface area contributed by atoms with Crippen molar-refractivity contribution in [3.63, 3.8) is 0 Å². The van der Waals surface area contributed by atoms with Gasteiger partial charge in [0.1, 0.15) is 11.6 Å². The van der Waals surface area contributed by atoms with Crippen molar-refractivity contribution in [1.82, 2.24) is 4.98 Å². The topological polar surface area (TPSA) is 74.1 Å². The molecule has 23 heavy (non-hydrogen) atoms. The van der Waals surface area contributed by atoms with E-state index in [1.807, 2.05) is 31.4 Å². The zero-order valence-electron chi connectivity index (χ0n) is 13.0. The molecule has 5 nitrogen and oxygen atoms in total. The summed E-state index contributed by atoms with van der Waals surface area (Å²) in [5.41, 5.74) is 1.40. The molecule has 0 radical (unpaired) electrons. The van der Waals surface area contributed by atoms with Crippen molar-refractivity contribution in [2.24, 2.45) is 0 Å². The highest BCUT2D eigenvalue weighted by molar-refractivity contribution is 7.14. The van der Waals surface area contributed by atoms with Crippen LogP contribution in [0.3, 0.4) is 0 Å². The summed E-state index contributed by atoms with van der Waals surface area (Å²) in [6.07, 6.45) is 1.47. The van der Waals surface area contributed by atoms with Gasteiger partial charge in [-0.3, -0.25) is 14.5 Å². The molecule has 118 valence electrons. The monoisotopic (exact) mass is 345 g/mol. The fraction of sp³-hybridized carbons (Fsp3) is 0.250. The van der Waals surface area contributed by atoms with E-state index in [9.17, 15) is 14.9 Å². The number of Topliss-reactive ketones (excluding diaryl/α,β-unsaturated/α-hetero) is 1. The SMILES string of the molecule is CCN(C(C)=O)c1nc(C=C(C#N)C(=O)c2sccc2C)cs1. The number of allylic oxidation sites excluding steroid dienone is 1. The highest BCUT2D eigenvalue weighted by Crippen LogP contribution is 2.24. The van der Waals surface area contributed by atoms with Crippen LogP contribution in [-0.4, -0.2) is 23.2 Å². The first-order valence-corrected chi connectivity index (χ1v) is 8.68. The molecule has 0 saturated carbocycles. The molecule has 0 aliphatic carbocycles. The van der Waals surface area contributed by atoms with Crippen LogP contribution in [0.15, 0.2) is 22.4 Å². The van der Waals surface area contributed by atoms with Gasteiger partial charge in [-0.2, -0.15) is 5.26 Å². The van der Waals surface area contributed by atoms with E-state index in [1.54, 1.807) is 10.3 Å². The number of carbonyl (C=O) groups excluding carboxylic acids is 2. The standard InChI is InChI=1S/C16H15N3O2S2/c1-4-19(11(3)20)16-18-13(9-23-16)7-12(8-17)14(21)15-10(2)5-6-22-15/h5-7,9H,4H2,1-3H3. The summed E-state index contributed by atoms with van der Waals surface area (Å²) in [6.45, 7) is 5.70. The molecule has 0 spiro atoms. The minimum Gasteiger partial charge on any atom is -0.289 e. The van der Waals surface area contributed by atoms with Crippen LogP contribution in [0.4, 0.5) is 5.13 Å². The number of aryl methyl sites for hydroxylation is 1. The van der Waals surface area contributed by atoms with Gasteiger partial charge in [0.15, 0.2) is 5.13 Å². The van der Waals surface area contributed by atoms with Gasteiger partial charge in [0.25, 0.3) is 0 Å². The summed E-state index contributed by atoms with van der Waals surface area (Å²) in [6, 6.07) is 3.79. The molecule has 0 N–H and O–H groups in total. The lowest BCUT2D eigenvalue weighted by atomic mass is 10.1. The van der Waals surface area contributed by atoms with E-state index < -0.39 is 0 Å². The van der Waals surface area contributed by atoms with E-state index in [1.165, 1.54) is 35.7 Å². The number of nitriles is 1. The number of amides is 1. The maximum absolute atomic E-state index is 12.4. The Hall–Kier alpha value is -2.30. The minimum absolute atomic E-state index is 0.0401.